The molecule has 1 aromatic rings. The Morgan fingerprint density at radius 1 is 1.25 bits per heavy atom. The Morgan fingerprint density at radius 2 is 1.96 bits per heavy atom. The number of hydrogen-bond donors (Lipinski definition) is 1. The normalized spacial score (nSPS) is 27.9. The molecule has 136 valence electrons. The van der Waals surface area contributed by atoms with Crippen molar-refractivity contribution in [2.24, 2.45) is 11.7 Å². The number of methoxy groups -OCH3 is 1. The highest BCUT2D eigenvalue weighted by Crippen LogP contribution is 2.28. The molecule has 24 heavy (non-hydrogen) atoms. The zero-order valence-electron chi connectivity index (χ0n) is 14.4. The monoisotopic (exact) mass is 357 g/mol. The number of benzene rings is 1. The molecule has 2 rings (SSSR count). The average Bonchev–Trinajstić information content (AvgIpc) is 2.60. The van der Waals surface area contributed by atoms with Gasteiger partial charge in [0.1, 0.15) is 24.0 Å². The molecular formula is C18H28ClNO4. The summed E-state index contributed by atoms with van der Waals surface area (Å²) in [6, 6.07) is 9.10. The first-order valence-electron chi connectivity index (χ1n) is 8.28. The number of nitrogens with two attached hydrogens (primary N) is 1. The zero-order chi connectivity index (χ0) is 16.7. The first-order chi connectivity index (χ1) is 11.1. The Bertz CT molecular complexity index is 485. The summed E-state index contributed by atoms with van der Waals surface area (Å²) in [6.07, 6.45) is 2.77. The van der Waals surface area contributed by atoms with Gasteiger partial charge in [-0.3, -0.25) is 4.79 Å². The van der Waals surface area contributed by atoms with E-state index in [4.69, 9.17) is 19.9 Å². The van der Waals surface area contributed by atoms with Gasteiger partial charge >= 0.3 is 5.97 Å². The lowest BCUT2D eigenvalue weighted by molar-refractivity contribution is -0.155. The lowest BCUT2D eigenvalue weighted by atomic mass is 9.89. The van der Waals surface area contributed by atoms with Crippen molar-refractivity contribution < 1.29 is 19.0 Å². The van der Waals surface area contributed by atoms with Gasteiger partial charge in [-0.05, 0) is 38.3 Å². The van der Waals surface area contributed by atoms with Crippen LogP contribution >= 0.6 is 12.4 Å². The van der Waals surface area contributed by atoms with Gasteiger partial charge in [0, 0.05) is 19.6 Å². The molecule has 0 aliphatic carbocycles. The van der Waals surface area contributed by atoms with Crippen molar-refractivity contribution in [3.63, 3.8) is 0 Å². The minimum atomic E-state index is -0.545. The summed E-state index contributed by atoms with van der Waals surface area (Å²) in [5, 5.41) is 0. The highest BCUT2D eigenvalue weighted by Gasteiger charge is 2.34. The summed E-state index contributed by atoms with van der Waals surface area (Å²) in [4.78, 5) is 12.0. The summed E-state index contributed by atoms with van der Waals surface area (Å²) in [5.74, 6) is 0.696. The summed E-state index contributed by atoms with van der Waals surface area (Å²) in [6.45, 7) is 2.54. The number of rotatable bonds is 5. The Morgan fingerprint density at radius 3 is 2.62 bits per heavy atom. The van der Waals surface area contributed by atoms with Crippen LogP contribution in [-0.2, 0) is 14.3 Å². The van der Waals surface area contributed by atoms with Gasteiger partial charge in [-0.15, -0.1) is 12.4 Å². The highest BCUT2D eigenvalue weighted by atomic mass is 35.5. The molecule has 6 heteroatoms. The second-order valence-corrected chi connectivity index (χ2v) is 6.12. The van der Waals surface area contributed by atoms with Gasteiger partial charge < -0.3 is 19.9 Å². The second kappa shape index (κ2) is 10.5. The molecule has 0 unspecified atom stereocenters. The van der Waals surface area contributed by atoms with Gasteiger partial charge in [-0.2, -0.15) is 0 Å². The van der Waals surface area contributed by atoms with E-state index >= 15 is 0 Å². The van der Waals surface area contributed by atoms with Crippen LogP contribution in [-0.4, -0.2) is 37.9 Å². The number of hydrogen-bond acceptors (Lipinski definition) is 5. The third kappa shape index (κ3) is 5.96. The molecule has 1 fully saturated rings. The topological polar surface area (TPSA) is 70.8 Å². The number of para-hydroxylation sites is 1. The first-order valence-corrected chi connectivity index (χ1v) is 8.28. The molecule has 1 aromatic carbocycles. The molecule has 1 aliphatic rings. The molecule has 4 atom stereocenters. The fourth-order valence-electron chi connectivity index (χ4n) is 3.03. The average molecular weight is 358 g/mol. The zero-order valence-corrected chi connectivity index (χ0v) is 15.2. The summed E-state index contributed by atoms with van der Waals surface area (Å²) in [7, 11) is 1.70. The predicted molar refractivity (Wildman–Crippen MR) is 95.5 cm³/mol. The van der Waals surface area contributed by atoms with Crippen LogP contribution in [0.1, 0.15) is 32.6 Å². The summed E-state index contributed by atoms with van der Waals surface area (Å²) >= 11 is 0. The van der Waals surface area contributed by atoms with Crippen LogP contribution in [0.15, 0.2) is 30.3 Å². The van der Waals surface area contributed by atoms with Crippen molar-refractivity contribution in [1.29, 1.82) is 0 Å². The standard InChI is InChI=1S/C18H27NO4.ClH/c1-13-17(23-15-8-4-3-5-9-15)14(11-12-21-2)7-6-10-16(19)18(20)22-13;/h3-5,8-9,13-14,16-17H,6-7,10-12,19H2,1-2H3;1H/t13-,14+,16-,17-;/m0./s1. The number of ether oxygens (including phenoxy) is 3. The lowest BCUT2D eigenvalue weighted by Gasteiger charge is -2.31. The van der Waals surface area contributed by atoms with Crippen LogP contribution < -0.4 is 10.5 Å². The van der Waals surface area contributed by atoms with Crippen molar-refractivity contribution in [2.75, 3.05) is 13.7 Å². The van der Waals surface area contributed by atoms with E-state index in [0.717, 1.165) is 25.0 Å². The third-order valence-electron chi connectivity index (χ3n) is 4.33. The van der Waals surface area contributed by atoms with E-state index in [1.165, 1.54) is 0 Å². The summed E-state index contributed by atoms with van der Waals surface area (Å²) < 4.78 is 17.0. The molecule has 0 bridgehead atoms. The molecule has 0 aromatic heterocycles. The van der Waals surface area contributed by atoms with Crippen molar-refractivity contribution in [3.8, 4) is 5.75 Å². The molecular weight excluding hydrogens is 330 g/mol. The fraction of sp³-hybridized carbons (Fsp3) is 0.611. The number of esters is 1. The predicted octanol–water partition coefficient (Wildman–Crippen LogP) is 2.95. The third-order valence-corrected chi connectivity index (χ3v) is 4.33. The van der Waals surface area contributed by atoms with Crippen molar-refractivity contribution in [3.05, 3.63) is 30.3 Å². The molecule has 2 N–H and O–H groups in total. The maximum Gasteiger partial charge on any atom is 0.323 e. The minimum Gasteiger partial charge on any atom is -0.486 e. The van der Waals surface area contributed by atoms with Gasteiger partial charge in [0.25, 0.3) is 0 Å². The van der Waals surface area contributed by atoms with Gasteiger partial charge in [0.05, 0.1) is 0 Å². The number of halogens is 1. The van der Waals surface area contributed by atoms with Crippen LogP contribution in [0.5, 0.6) is 5.75 Å². The van der Waals surface area contributed by atoms with Gasteiger partial charge in [-0.1, -0.05) is 24.6 Å². The molecule has 1 aliphatic heterocycles. The maximum atomic E-state index is 12.0. The molecule has 1 heterocycles. The number of cyclic esters (lactones) is 1. The maximum absolute atomic E-state index is 12.0. The van der Waals surface area contributed by atoms with E-state index in [2.05, 4.69) is 0 Å². The molecule has 0 amide bonds. The molecule has 0 spiro atoms. The second-order valence-electron chi connectivity index (χ2n) is 6.12. The first kappa shape index (κ1) is 20.7. The van der Waals surface area contributed by atoms with E-state index in [1.807, 2.05) is 37.3 Å². The van der Waals surface area contributed by atoms with Crippen LogP contribution in [0, 0.1) is 5.92 Å². The Hall–Kier alpha value is -1.30. The van der Waals surface area contributed by atoms with Gasteiger partial charge in [0.2, 0.25) is 0 Å². The van der Waals surface area contributed by atoms with Crippen LogP contribution in [0.4, 0.5) is 0 Å². The van der Waals surface area contributed by atoms with Crippen molar-refractivity contribution >= 4 is 18.4 Å². The lowest BCUT2D eigenvalue weighted by Crippen LogP contribution is -2.42. The fourth-order valence-corrected chi connectivity index (χ4v) is 3.03. The van der Waals surface area contributed by atoms with Gasteiger partial charge in [-0.25, -0.2) is 0 Å². The van der Waals surface area contributed by atoms with Crippen LogP contribution in [0.3, 0.4) is 0 Å². The van der Waals surface area contributed by atoms with Crippen molar-refractivity contribution in [1.82, 2.24) is 0 Å². The largest absolute Gasteiger partial charge is 0.486 e. The van der Waals surface area contributed by atoms with Crippen molar-refractivity contribution in [2.45, 2.75) is 50.9 Å². The Balaban J connectivity index is 0.00000288. The van der Waals surface area contributed by atoms with E-state index < -0.39 is 6.04 Å². The number of carbonyl (C=O) groups is 1. The van der Waals surface area contributed by atoms with E-state index in [1.54, 1.807) is 7.11 Å². The summed E-state index contributed by atoms with van der Waals surface area (Å²) in [5.41, 5.74) is 5.88. The Labute approximate surface area is 150 Å². The number of carbonyl (C=O) groups excluding carboxylic acids is 1. The van der Waals surface area contributed by atoms with E-state index in [0.29, 0.717) is 13.0 Å². The van der Waals surface area contributed by atoms with E-state index in [9.17, 15) is 4.79 Å². The highest BCUT2D eigenvalue weighted by molar-refractivity contribution is 5.85. The van der Waals surface area contributed by atoms with Crippen LogP contribution in [0.2, 0.25) is 0 Å². The molecule has 5 nitrogen and oxygen atoms in total. The Kier molecular flexibility index (Phi) is 9.11. The molecule has 0 radical (unpaired) electrons. The SMILES string of the molecule is COCC[C@H]1CCC[C@H](N)C(=O)O[C@@H](C)[C@@H]1Oc1ccccc1.Cl. The smallest absolute Gasteiger partial charge is 0.323 e. The van der Waals surface area contributed by atoms with Crippen LogP contribution in [0.25, 0.3) is 0 Å². The van der Waals surface area contributed by atoms with E-state index in [-0.39, 0.29) is 36.5 Å². The minimum absolute atomic E-state index is 0. The molecule has 0 saturated carbocycles. The quantitative estimate of drug-likeness (QED) is 0.820. The van der Waals surface area contributed by atoms with Gasteiger partial charge in [0.15, 0.2) is 0 Å². The molecule has 1 saturated heterocycles.